The van der Waals surface area contributed by atoms with Gasteiger partial charge in [-0.05, 0) is 47.0 Å². The summed E-state index contributed by atoms with van der Waals surface area (Å²) in [7, 11) is 0. The first-order chi connectivity index (χ1) is 25.9. The average Bonchev–Trinajstić information content (AvgIpc) is 3.77. The average molecular weight is 772 g/mol. The van der Waals surface area contributed by atoms with Gasteiger partial charge in [0.25, 0.3) is 0 Å². The number of benzene rings is 8. The van der Waals surface area contributed by atoms with Crippen LogP contribution in [0, 0.1) is 20.8 Å². The predicted octanol–water partition coefficient (Wildman–Crippen LogP) is 12.5. The zero-order valence-corrected chi connectivity index (χ0v) is 33.9. The van der Waals surface area contributed by atoms with E-state index in [1.807, 2.05) is 0 Å². The third kappa shape index (κ3) is 7.27. The van der Waals surface area contributed by atoms with Gasteiger partial charge in [-0.25, -0.2) is 0 Å². The van der Waals surface area contributed by atoms with Crippen molar-refractivity contribution >= 4 is 69.7 Å². The molecule has 53 heavy (non-hydrogen) atoms. The predicted molar refractivity (Wildman–Crippen MR) is 229 cm³/mol. The Labute approximate surface area is 327 Å². The summed E-state index contributed by atoms with van der Waals surface area (Å²) in [5.41, 5.74) is 6.20. The molecule has 0 heterocycles. The first kappa shape index (κ1) is 34.9. The Morgan fingerprint density at radius 3 is 1.60 bits per heavy atom. The summed E-state index contributed by atoms with van der Waals surface area (Å²) in [5, 5.41) is 16.5. The van der Waals surface area contributed by atoms with E-state index in [2.05, 4.69) is 209 Å². The van der Waals surface area contributed by atoms with E-state index in [0.717, 1.165) is 0 Å². The minimum absolute atomic E-state index is 0.455. The van der Waals surface area contributed by atoms with E-state index in [0.29, 0.717) is 0 Å². The first-order valence-corrected chi connectivity index (χ1v) is 23.4. The molecule has 0 nitrogen and oxygen atoms in total. The van der Waals surface area contributed by atoms with Crippen molar-refractivity contribution in [3.05, 3.63) is 205 Å². The van der Waals surface area contributed by atoms with E-state index < -0.39 is 5.43 Å². The molecular formula is C51H40SiZr. The summed E-state index contributed by atoms with van der Waals surface area (Å²) in [4.78, 5) is 0. The van der Waals surface area contributed by atoms with Crippen LogP contribution in [0.2, 0.25) is 0 Å². The standard InChI is InChI=1S/C24H17.C15H13.C12H10Si.Zr/c1-16-13-14-17-8-6-12-22(24(16)17)23-15-18-7-2-3-9-19(18)20-10-4-5-11-21(20)23;1-10-3-5-14-12(7-10)9-13-8-11(2)4-6-15(13)14;1-3-7-11(8-4-1)13-12-9-5-2-6-10-12;/h2-15H,1H3;3-9H,1-2H3;1-10H;/q2*-1;;+2. The van der Waals surface area contributed by atoms with Gasteiger partial charge in [-0.15, -0.1) is 68.7 Å². The van der Waals surface area contributed by atoms with Crippen LogP contribution in [0.25, 0.3) is 65.0 Å². The Balaban J connectivity index is 0.000000120. The monoisotopic (exact) mass is 770 g/mol. The van der Waals surface area contributed by atoms with Crippen molar-refractivity contribution in [2.45, 2.75) is 20.8 Å². The third-order valence-corrected chi connectivity index (χ3v) is 16.3. The fourth-order valence-electron chi connectivity index (χ4n) is 7.59. The van der Waals surface area contributed by atoms with Crippen molar-refractivity contribution in [2.24, 2.45) is 0 Å². The molecule has 2 heteroatoms. The van der Waals surface area contributed by atoms with Gasteiger partial charge in [0.2, 0.25) is 0 Å². The van der Waals surface area contributed by atoms with Gasteiger partial charge in [0.05, 0.1) is 0 Å². The molecule has 10 rings (SSSR count). The summed E-state index contributed by atoms with van der Waals surface area (Å²) < 4.78 is 0. The molecule has 0 bridgehead atoms. The molecule has 0 saturated carbocycles. The van der Waals surface area contributed by atoms with Crippen LogP contribution in [-0.2, 0) is 23.3 Å². The van der Waals surface area contributed by atoms with Crippen molar-refractivity contribution in [3.8, 4) is 11.1 Å². The molecule has 0 N–H and O–H groups in total. The SMILES string of the molecule is Cc1c[cH-]c2cccc(-c3cc4ccccc4c4ccccc34)c12.Cc1ccc2c(c1)[cH-]c1cc(C)ccc12.[Zr+2]=[Si](c1ccccc1)c1ccccc1. The molecule has 0 amide bonds. The summed E-state index contributed by atoms with van der Waals surface area (Å²) in [5.74, 6) is 0. The number of fused-ring (bicyclic) bond motifs is 7. The van der Waals surface area contributed by atoms with Gasteiger partial charge >= 0.3 is 99.8 Å². The van der Waals surface area contributed by atoms with E-state index in [4.69, 9.17) is 0 Å². The molecule has 0 fully saturated rings. The number of aryl methyl sites for hydroxylation is 3. The van der Waals surface area contributed by atoms with Crippen LogP contribution in [0.4, 0.5) is 0 Å². The molecule has 0 aromatic heterocycles. The molecule has 0 saturated heterocycles. The second-order valence-corrected chi connectivity index (χ2v) is 19.5. The molecule has 10 aromatic carbocycles. The van der Waals surface area contributed by atoms with Crippen LogP contribution in [0.5, 0.6) is 0 Å². The van der Waals surface area contributed by atoms with Gasteiger partial charge in [-0.2, -0.15) is 11.6 Å². The Hall–Kier alpha value is -5.14. The summed E-state index contributed by atoms with van der Waals surface area (Å²) in [6, 6.07) is 68.1. The number of hydrogen-bond acceptors (Lipinski definition) is 0. The second-order valence-electron chi connectivity index (χ2n) is 13.9. The van der Waals surface area contributed by atoms with Crippen LogP contribution >= 0.6 is 0 Å². The van der Waals surface area contributed by atoms with E-state index in [1.54, 1.807) is 23.3 Å². The van der Waals surface area contributed by atoms with Crippen LogP contribution in [0.3, 0.4) is 0 Å². The van der Waals surface area contributed by atoms with E-state index in [-0.39, 0.29) is 0 Å². The van der Waals surface area contributed by atoms with Crippen LogP contribution in [0.15, 0.2) is 188 Å². The fraction of sp³-hybridized carbons (Fsp3) is 0.0588. The van der Waals surface area contributed by atoms with Crippen molar-refractivity contribution in [3.63, 3.8) is 0 Å². The Morgan fingerprint density at radius 1 is 0.434 bits per heavy atom. The van der Waals surface area contributed by atoms with Gasteiger partial charge < -0.3 is 0 Å². The third-order valence-electron chi connectivity index (χ3n) is 10.2. The van der Waals surface area contributed by atoms with Gasteiger partial charge in [0, 0.05) is 0 Å². The number of rotatable bonds is 3. The zero-order chi connectivity index (χ0) is 36.3. The quantitative estimate of drug-likeness (QED) is 0.0953. The fourth-order valence-corrected chi connectivity index (χ4v) is 11.4. The van der Waals surface area contributed by atoms with E-state index in [9.17, 15) is 0 Å². The second kappa shape index (κ2) is 15.5. The van der Waals surface area contributed by atoms with E-state index >= 15 is 0 Å². The summed E-state index contributed by atoms with van der Waals surface area (Å²) in [6.45, 7) is 6.49. The minimum atomic E-state index is -0.455. The molecule has 0 spiro atoms. The van der Waals surface area contributed by atoms with Crippen molar-refractivity contribution in [1.29, 1.82) is 0 Å². The Bertz CT molecular complexity index is 2780. The molecule has 10 aromatic rings. The van der Waals surface area contributed by atoms with Gasteiger partial charge in [0.15, 0.2) is 0 Å². The maximum absolute atomic E-state index is 2.35. The van der Waals surface area contributed by atoms with Crippen LogP contribution < -0.4 is 10.4 Å². The molecule has 0 aliphatic heterocycles. The van der Waals surface area contributed by atoms with Gasteiger partial charge in [-0.1, -0.05) is 102 Å². The molecule has 0 unspecified atom stereocenters. The Morgan fingerprint density at radius 2 is 0.981 bits per heavy atom. The van der Waals surface area contributed by atoms with Crippen LogP contribution in [0.1, 0.15) is 16.7 Å². The number of hydrogen-bond donors (Lipinski definition) is 0. The van der Waals surface area contributed by atoms with Crippen molar-refractivity contribution in [1.82, 2.24) is 0 Å². The molecule has 0 radical (unpaired) electrons. The maximum atomic E-state index is 2.35. The molecule has 0 aliphatic rings. The van der Waals surface area contributed by atoms with Gasteiger partial charge in [-0.3, -0.25) is 0 Å². The molecule has 0 atom stereocenters. The Kier molecular flexibility index (Phi) is 10.2. The normalized spacial score (nSPS) is 11.0. The van der Waals surface area contributed by atoms with E-state index in [1.165, 1.54) is 92.1 Å². The summed E-state index contributed by atoms with van der Waals surface area (Å²) in [6.07, 6.45) is 0. The topological polar surface area (TPSA) is 0 Å². The zero-order valence-electron chi connectivity index (χ0n) is 30.4. The summed E-state index contributed by atoms with van der Waals surface area (Å²) >= 11 is 1.64. The van der Waals surface area contributed by atoms with Crippen LogP contribution in [-0.4, -0.2) is 5.43 Å². The molecule has 0 aliphatic carbocycles. The van der Waals surface area contributed by atoms with Gasteiger partial charge in [0.1, 0.15) is 0 Å². The van der Waals surface area contributed by atoms with Crippen molar-refractivity contribution < 1.29 is 23.3 Å². The van der Waals surface area contributed by atoms with Crippen molar-refractivity contribution in [2.75, 3.05) is 0 Å². The molecule has 252 valence electrons. The molecular weight excluding hydrogens is 732 g/mol. The first-order valence-electron chi connectivity index (χ1n) is 18.3.